The molecule has 0 spiro atoms. The molecule has 1 aliphatic rings. The third-order valence-electron chi connectivity index (χ3n) is 4.03. The third kappa shape index (κ3) is 2.63. The Labute approximate surface area is 147 Å². The van der Waals surface area contributed by atoms with Crippen molar-refractivity contribution in [3.63, 3.8) is 0 Å². The maximum Gasteiger partial charge on any atom is 0.189 e. The Bertz CT molecular complexity index is 920. The van der Waals surface area contributed by atoms with E-state index in [4.69, 9.17) is 9.72 Å². The van der Waals surface area contributed by atoms with Crippen LogP contribution in [0.15, 0.2) is 16.2 Å². The molecule has 0 aromatic carbocycles. The van der Waals surface area contributed by atoms with E-state index in [1.165, 1.54) is 10.9 Å². The molecule has 0 aliphatic carbocycles. The third-order valence-corrected chi connectivity index (χ3v) is 6.26. The smallest absolute Gasteiger partial charge is 0.189 e. The zero-order valence-electron chi connectivity index (χ0n) is 13.5. The van der Waals surface area contributed by atoms with Gasteiger partial charge in [-0.25, -0.2) is 15.0 Å². The van der Waals surface area contributed by atoms with Gasteiger partial charge in [0, 0.05) is 11.8 Å². The summed E-state index contributed by atoms with van der Waals surface area (Å²) < 4.78 is 5.90. The van der Waals surface area contributed by atoms with Crippen LogP contribution in [0.1, 0.15) is 25.1 Å². The van der Waals surface area contributed by atoms with Gasteiger partial charge in [-0.3, -0.25) is 0 Å². The van der Waals surface area contributed by atoms with Crippen molar-refractivity contribution in [2.45, 2.75) is 42.7 Å². The summed E-state index contributed by atoms with van der Waals surface area (Å²) in [7, 11) is 0. The van der Waals surface area contributed by atoms with Crippen molar-refractivity contribution >= 4 is 55.3 Å². The van der Waals surface area contributed by atoms with E-state index in [0.29, 0.717) is 6.61 Å². The minimum absolute atomic E-state index is 0.126. The zero-order chi connectivity index (χ0) is 16.2. The number of thiophene rings is 1. The maximum absolute atomic E-state index is 5.90. The molecule has 1 aliphatic heterocycles. The van der Waals surface area contributed by atoms with Gasteiger partial charge in [-0.15, -0.1) is 11.8 Å². The lowest BCUT2D eigenvalue weighted by Gasteiger charge is -2.31. The highest BCUT2D eigenvalue weighted by Gasteiger charge is 2.28. The van der Waals surface area contributed by atoms with Crippen LogP contribution in [0.3, 0.4) is 0 Å². The monoisotopic (exact) mass is 363 g/mol. The molecule has 120 valence electrons. The molecule has 4 heterocycles. The van der Waals surface area contributed by atoms with Gasteiger partial charge in [0.25, 0.3) is 0 Å². The minimum atomic E-state index is -0.126. The van der Waals surface area contributed by atoms with Crippen molar-refractivity contribution in [1.82, 2.24) is 15.0 Å². The molecule has 0 fully saturated rings. The van der Waals surface area contributed by atoms with Gasteiger partial charge in [0.1, 0.15) is 14.7 Å². The molecule has 0 unspecified atom stereocenters. The van der Waals surface area contributed by atoms with Crippen molar-refractivity contribution < 1.29 is 4.74 Å². The lowest BCUT2D eigenvalue weighted by Crippen LogP contribution is -2.32. The summed E-state index contributed by atoms with van der Waals surface area (Å²) in [5.41, 5.74) is 2.22. The van der Waals surface area contributed by atoms with Crippen LogP contribution in [-0.4, -0.2) is 33.1 Å². The van der Waals surface area contributed by atoms with Crippen LogP contribution in [0.5, 0.6) is 0 Å². The van der Waals surface area contributed by atoms with Gasteiger partial charge in [0.05, 0.1) is 23.3 Å². The van der Waals surface area contributed by atoms with E-state index in [2.05, 4.69) is 36.1 Å². The topological polar surface area (TPSA) is 47.9 Å². The van der Waals surface area contributed by atoms with Crippen LogP contribution in [0, 0.1) is 0 Å². The summed E-state index contributed by atoms with van der Waals surface area (Å²) in [6, 6.07) is 2.28. The predicted molar refractivity (Wildman–Crippen MR) is 98.9 cm³/mol. The van der Waals surface area contributed by atoms with Crippen molar-refractivity contribution in [3.8, 4) is 0 Å². The molecule has 3 aromatic heterocycles. The molecule has 23 heavy (non-hydrogen) atoms. The number of hydrogen-bond donors (Lipinski definition) is 0. The maximum atomic E-state index is 5.90. The normalized spacial score (nSPS) is 16.9. The molecule has 0 saturated carbocycles. The number of hydrogen-bond acceptors (Lipinski definition) is 7. The molecule has 0 N–H and O–H groups in total. The second-order valence-corrected chi connectivity index (χ2v) is 8.72. The predicted octanol–water partition coefficient (Wildman–Crippen LogP) is 4.53. The average molecular weight is 364 g/mol. The second-order valence-electron chi connectivity index (χ2n) is 6.17. The highest BCUT2D eigenvalue weighted by Crippen LogP contribution is 2.39. The fraction of sp³-hybridized carbons (Fsp3) is 0.438. The van der Waals surface area contributed by atoms with Crippen LogP contribution < -0.4 is 0 Å². The molecule has 0 amide bonds. The zero-order valence-corrected chi connectivity index (χ0v) is 15.9. The number of ether oxygens (including phenoxy) is 1. The van der Waals surface area contributed by atoms with Crippen molar-refractivity contribution in [1.29, 1.82) is 0 Å². The molecule has 4 nitrogen and oxygen atoms in total. The Kier molecular flexibility index (Phi) is 3.79. The van der Waals surface area contributed by atoms with Crippen LogP contribution in [0.25, 0.3) is 20.4 Å². The van der Waals surface area contributed by atoms with E-state index in [1.54, 1.807) is 34.9 Å². The lowest BCUT2D eigenvalue weighted by molar-refractivity contribution is -0.0418. The first kappa shape index (κ1) is 15.6. The summed E-state index contributed by atoms with van der Waals surface area (Å²) in [6.07, 6.45) is 4.97. The molecule has 0 radical (unpaired) electrons. The number of pyridine rings is 1. The fourth-order valence-corrected chi connectivity index (χ4v) is 5.10. The standard InChI is InChI=1S/C16H17N3OS3/c1-16(2)6-8-5-9-11-13(21-3)18-15(22-4)19-14(11)23-12(9)17-10(8)7-20-16/h5H,6-7H2,1-4H3. The highest BCUT2D eigenvalue weighted by atomic mass is 32.2. The summed E-state index contributed by atoms with van der Waals surface area (Å²) in [6.45, 7) is 4.85. The summed E-state index contributed by atoms with van der Waals surface area (Å²) >= 11 is 4.90. The summed E-state index contributed by atoms with van der Waals surface area (Å²) in [4.78, 5) is 16.3. The number of fused-ring (bicyclic) bond motifs is 4. The summed E-state index contributed by atoms with van der Waals surface area (Å²) in [5.74, 6) is 0. The van der Waals surface area contributed by atoms with Gasteiger partial charge in [-0.05, 0) is 38.0 Å². The Morgan fingerprint density at radius 2 is 1.96 bits per heavy atom. The van der Waals surface area contributed by atoms with Crippen LogP contribution >= 0.6 is 34.9 Å². The molecule has 0 saturated heterocycles. The molecular weight excluding hydrogens is 346 g/mol. The van der Waals surface area contributed by atoms with Gasteiger partial charge < -0.3 is 4.74 Å². The minimum Gasteiger partial charge on any atom is -0.369 e. The molecule has 4 rings (SSSR count). The number of thioether (sulfide) groups is 2. The molecule has 3 aromatic rings. The van der Waals surface area contributed by atoms with E-state index in [1.807, 2.05) is 6.26 Å². The van der Waals surface area contributed by atoms with E-state index in [-0.39, 0.29) is 5.60 Å². The van der Waals surface area contributed by atoms with E-state index in [9.17, 15) is 0 Å². The number of aromatic nitrogens is 3. The quantitative estimate of drug-likeness (QED) is 0.379. The molecule has 7 heteroatoms. The Hall–Kier alpha value is -0.890. The van der Waals surface area contributed by atoms with Crippen LogP contribution in [0.2, 0.25) is 0 Å². The first-order valence-electron chi connectivity index (χ1n) is 7.36. The SMILES string of the molecule is CSc1nc(SC)c2c(n1)sc1nc3c(cc12)CC(C)(C)OC3. The lowest BCUT2D eigenvalue weighted by atomic mass is 9.94. The second kappa shape index (κ2) is 5.58. The van der Waals surface area contributed by atoms with Gasteiger partial charge in [-0.1, -0.05) is 23.1 Å². The fourth-order valence-electron chi connectivity index (χ4n) is 2.92. The van der Waals surface area contributed by atoms with Gasteiger partial charge in [0.2, 0.25) is 0 Å². The first-order chi connectivity index (χ1) is 11.0. The summed E-state index contributed by atoms with van der Waals surface area (Å²) in [5, 5.41) is 4.19. The largest absolute Gasteiger partial charge is 0.369 e. The van der Waals surface area contributed by atoms with E-state index >= 15 is 0 Å². The van der Waals surface area contributed by atoms with Gasteiger partial charge in [0.15, 0.2) is 5.16 Å². The Balaban J connectivity index is 2.01. The molecule has 0 atom stereocenters. The Morgan fingerprint density at radius 1 is 1.13 bits per heavy atom. The van der Waals surface area contributed by atoms with Crippen LogP contribution in [-0.2, 0) is 17.8 Å². The van der Waals surface area contributed by atoms with E-state index < -0.39 is 0 Å². The van der Waals surface area contributed by atoms with E-state index in [0.717, 1.165) is 37.3 Å². The van der Waals surface area contributed by atoms with Crippen molar-refractivity contribution in [3.05, 3.63) is 17.3 Å². The van der Waals surface area contributed by atoms with Gasteiger partial charge >= 0.3 is 0 Å². The van der Waals surface area contributed by atoms with Crippen molar-refractivity contribution in [2.24, 2.45) is 0 Å². The number of nitrogens with zero attached hydrogens (tertiary/aromatic N) is 3. The van der Waals surface area contributed by atoms with Crippen molar-refractivity contribution in [2.75, 3.05) is 12.5 Å². The van der Waals surface area contributed by atoms with Gasteiger partial charge in [-0.2, -0.15) is 0 Å². The van der Waals surface area contributed by atoms with Crippen LogP contribution in [0.4, 0.5) is 0 Å². The average Bonchev–Trinajstić information content (AvgIpc) is 2.88. The molecular formula is C16H17N3OS3. The highest BCUT2D eigenvalue weighted by molar-refractivity contribution is 7.99. The number of rotatable bonds is 2. The molecule has 0 bridgehead atoms. The first-order valence-corrected chi connectivity index (χ1v) is 10.6. The Morgan fingerprint density at radius 3 is 2.70 bits per heavy atom.